The van der Waals surface area contributed by atoms with Gasteiger partial charge in [-0.05, 0) is 36.8 Å². The fourth-order valence-electron chi connectivity index (χ4n) is 5.27. The number of rotatable bonds is 7. The average molecular weight is 579 g/mol. The highest BCUT2D eigenvalue weighted by molar-refractivity contribution is 7.98. The molecule has 216 valence electrons. The molecule has 2 saturated heterocycles. The van der Waals surface area contributed by atoms with Crippen LogP contribution in [0.2, 0.25) is 0 Å². The van der Waals surface area contributed by atoms with E-state index in [1.807, 2.05) is 25.1 Å². The topological polar surface area (TPSA) is 104 Å². The molecule has 6 rings (SSSR count). The second-order valence-electron chi connectivity index (χ2n) is 10.5. The normalized spacial score (nSPS) is 17.3. The van der Waals surface area contributed by atoms with Crippen LogP contribution < -0.4 is 14.4 Å². The molecule has 0 spiro atoms. The number of benzene rings is 1. The number of anilines is 1. The summed E-state index contributed by atoms with van der Waals surface area (Å²) in [5.41, 5.74) is 2.14. The van der Waals surface area contributed by atoms with Gasteiger partial charge in [-0.2, -0.15) is 0 Å². The van der Waals surface area contributed by atoms with Gasteiger partial charge in [-0.1, -0.05) is 17.8 Å². The first kappa shape index (κ1) is 27.4. The van der Waals surface area contributed by atoms with E-state index in [0.29, 0.717) is 55.4 Å². The number of fused-ring (bicyclic) bond motifs is 1. The standard InChI is InChI=1S/C29H34N6O5S/c1-20-15-27(34-9-7-32(8-10-34)17-22-3-5-24-26(16-22)39-19-38-24)31-29(30-20)41-18-23-4-6-25(40-23)28(37)35-13-11-33(12-14-35)21(2)36/h3-6,15-16H,7-14,17-19H2,1-2H3. The van der Waals surface area contributed by atoms with E-state index in [9.17, 15) is 9.59 Å². The molecule has 5 heterocycles. The van der Waals surface area contributed by atoms with Gasteiger partial charge in [0.15, 0.2) is 22.4 Å². The Hall–Kier alpha value is -3.77. The van der Waals surface area contributed by atoms with Gasteiger partial charge in [0.05, 0.1) is 5.75 Å². The fourth-order valence-corrected chi connectivity index (χ4v) is 6.06. The number of amides is 2. The average Bonchev–Trinajstić information content (AvgIpc) is 3.65. The summed E-state index contributed by atoms with van der Waals surface area (Å²) in [5.74, 6) is 4.01. The number of hydrogen-bond acceptors (Lipinski definition) is 10. The molecular weight excluding hydrogens is 544 g/mol. The molecule has 2 aromatic heterocycles. The van der Waals surface area contributed by atoms with Crippen molar-refractivity contribution < 1.29 is 23.5 Å². The van der Waals surface area contributed by atoms with Crippen molar-refractivity contribution in [1.29, 1.82) is 0 Å². The zero-order chi connectivity index (χ0) is 28.3. The van der Waals surface area contributed by atoms with E-state index in [-0.39, 0.29) is 11.8 Å². The Balaban J connectivity index is 1.01. The van der Waals surface area contributed by atoms with E-state index < -0.39 is 0 Å². The number of ether oxygens (including phenoxy) is 2. The van der Waals surface area contributed by atoms with E-state index in [1.54, 1.807) is 22.8 Å². The Kier molecular flexibility index (Phi) is 8.02. The first-order chi connectivity index (χ1) is 19.9. The number of carbonyl (C=O) groups is 2. The minimum atomic E-state index is -0.142. The van der Waals surface area contributed by atoms with Crippen LogP contribution in [0.1, 0.15) is 34.5 Å². The van der Waals surface area contributed by atoms with Gasteiger partial charge in [0.25, 0.3) is 5.91 Å². The smallest absolute Gasteiger partial charge is 0.289 e. The quantitative estimate of drug-likeness (QED) is 0.307. The molecule has 3 aromatic rings. The van der Waals surface area contributed by atoms with Crippen molar-refractivity contribution in [3.8, 4) is 11.5 Å². The highest BCUT2D eigenvalue weighted by Crippen LogP contribution is 2.33. The lowest BCUT2D eigenvalue weighted by Crippen LogP contribution is -2.50. The third-order valence-corrected chi connectivity index (χ3v) is 8.46. The Morgan fingerprint density at radius 3 is 2.41 bits per heavy atom. The second kappa shape index (κ2) is 12.0. The van der Waals surface area contributed by atoms with E-state index in [0.717, 1.165) is 55.7 Å². The van der Waals surface area contributed by atoms with Crippen LogP contribution in [-0.4, -0.2) is 95.6 Å². The summed E-state index contributed by atoms with van der Waals surface area (Å²) >= 11 is 1.50. The van der Waals surface area contributed by atoms with Crippen LogP contribution in [0.15, 0.2) is 46.0 Å². The van der Waals surface area contributed by atoms with Gasteiger partial charge in [0.2, 0.25) is 12.7 Å². The van der Waals surface area contributed by atoms with Crippen molar-refractivity contribution in [2.24, 2.45) is 0 Å². The molecule has 3 aliphatic rings. The van der Waals surface area contributed by atoms with Crippen molar-refractivity contribution in [2.45, 2.75) is 31.3 Å². The molecule has 12 heteroatoms. The first-order valence-corrected chi connectivity index (χ1v) is 14.9. The van der Waals surface area contributed by atoms with Gasteiger partial charge >= 0.3 is 0 Å². The van der Waals surface area contributed by atoms with E-state index in [4.69, 9.17) is 18.9 Å². The molecule has 0 saturated carbocycles. The zero-order valence-electron chi connectivity index (χ0n) is 23.4. The second-order valence-corrected chi connectivity index (χ2v) is 11.4. The summed E-state index contributed by atoms with van der Waals surface area (Å²) in [6.45, 7) is 10.5. The highest BCUT2D eigenvalue weighted by Gasteiger charge is 2.25. The highest BCUT2D eigenvalue weighted by atomic mass is 32.2. The number of nitrogens with zero attached hydrogens (tertiary/aromatic N) is 6. The monoisotopic (exact) mass is 578 g/mol. The maximum absolute atomic E-state index is 12.9. The summed E-state index contributed by atoms with van der Waals surface area (Å²) < 4.78 is 16.8. The van der Waals surface area contributed by atoms with Gasteiger partial charge in [-0.3, -0.25) is 14.5 Å². The van der Waals surface area contributed by atoms with E-state index >= 15 is 0 Å². The molecule has 3 aliphatic heterocycles. The van der Waals surface area contributed by atoms with E-state index in [1.165, 1.54) is 17.3 Å². The zero-order valence-corrected chi connectivity index (χ0v) is 24.2. The molecule has 0 N–H and O–H groups in total. The predicted molar refractivity (Wildman–Crippen MR) is 153 cm³/mol. The molecule has 0 aliphatic carbocycles. The Morgan fingerprint density at radius 1 is 0.878 bits per heavy atom. The summed E-state index contributed by atoms with van der Waals surface area (Å²) in [7, 11) is 0. The molecule has 0 radical (unpaired) electrons. The van der Waals surface area contributed by atoms with Gasteiger partial charge in [0, 0.05) is 77.6 Å². The lowest BCUT2D eigenvalue weighted by atomic mass is 10.1. The third-order valence-electron chi connectivity index (χ3n) is 7.59. The van der Waals surface area contributed by atoms with Crippen molar-refractivity contribution in [2.75, 3.05) is 64.1 Å². The summed E-state index contributed by atoms with van der Waals surface area (Å²) in [6, 6.07) is 11.7. The van der Waals surface area contributed by atoms with Gasteiger partial charge in [-0.15, -0.1) is 0 Å². The molecular formula is C29H34N6O5S. The number of aryl methyl sites for hydroxylation is 1. The van der Waals surface area contributed by atoms with Crippen LogP contribution in [0.5, 0.6) is 11.5 Å². The van der Waals surface area contributed by atoms with E-state index in [2.05, 4.69) is 26.9 Å². The lowest BCUT2D eigenvalue weighted by Gasteiger charge is -2.35. The Morgan fingerprint density at radius 2 is 1.63 bits per heavy atom. The minimum Gasteiger partial charge on any atom is -0.455 e. The molecule has 11 nitrogen and oxygen atoms in total. The van der Waals surface area contributed by atoms with Crippen molar-refractivity contribution in [3.05, 3.63) is 59.2 Å². The van der Waals surface area contributed by atoms with Crippen molar-refractivity contribution in [3.63, 3.8) is 0 Å². The van der Waals surface area contributed by atoms with Crippen LogP contribution in [0.25, 0.3) is 0 Å². The predicted octanol–water partition coefficient (Wildman–Crippen LogP) is 3.03. The number of carbonyl (C=O) groups excluding carboxylic acids is 2. The number of furan rings is 1. The van der Waals surface area contributed by atoms with Gasteiger partial charge < -0.3 is 28.6 Å². The number of hydrogen-bond donors (Lipinski definition) is 0. The van der Waals surface area contributed by atoms with Crippen molar-refractivity contribution >= 4 is 29.4 Å². The first-order valence-electron chi connectivity index (χ1n) is 13.9. The van der Waals surface area contributed by atoms with Gasteiger partial charge in [-0.25, -0.2) is 9.97 Å². The SMILES string of the molecule is CC(=O)N1CCN(C(=O)c2ccc(CSc3nc(C)cc(N4CCN(Cc5ccc6c(c5)OCO6)CC4)n3)o2)CC1. The number of thioether (sulfide) groups is 1. The minimum absolute atomic E-state index is 0.0378. The lowest BCUT2D eigenvalue weighted by molar-refractivity contribution is -0.130. The molecule has 2 fully saturated rings. The Labute approximate surface area is 243 Å². The molecule has 0 atom stereocenters. The molecule has 41 heavy (non-hydrogen) atoms. The summed E-state index contributed by atoms with van der Waals surface area (Å²) in [6.07, 6.45) is 0. The molecule has 0 bridgehead atoms. The summed E-state index contributed by atoms with van der Waals surface area (Å²) in [5, 5.41) is 0.687. The molecule has 0 unspecified atom stereocenters. The van der Waals surface area contributed by atoms with Crippen LogP contribution in [-0.2, 0) is 17.1 Å². The largest absolute Gasteiger partial charge is 0.455 e. The Bertz CT molecular complexity index is 1410. The van der Waals surface area contributed by atoms with Crippen LogP contribution in [0, 0.1) is 6.92 Å². The number of aromatic nitrogens is 2. The van der Waals surface area contributed by atoms with Crippen LogP contribution in [0.4, 0.5) is 5.82 Å². The van der Waals surface area contributed by atoms with Crippen molar-refractivity contribution in [1.82, 2.24) is 24.7 Å². The van der Waals surface area contributed by atoms with Crippen LogP contribution in [0.3, 0.4) is 0 Å². The summed E-state index contributed by atoms with van der Waals surface area (Å²) in [4.78, 5) is 42.1. The van der Waals surface area contributed by atoms with Crippen LogP contribution >= 0.6 is 11.8 Å². The fraction of sp³-hybridized carbons (Fsp3) is 0.448. The number of piperazine rings is 2. The van der Waals surface area contributed by atoms with Gasteiger partial charge in [0.1, 0.15) is 11.6 Å². The maximum atomic E-state index is 12.9. The maximum Gasteiger partial charge on any atom is 0.289 e. The molecule has 2 amide bonds. The molecule has 1 aromatic carbocycles. The third kappa shape index (κ3) is 6.43.